The molecule has 2 rings (SSSR count). The third kappa shape index (κ3) is 7.92. The smallest absolute Gasteiger partial charge is 0.390 e. The van der Waals surface area contributed by atoms with Gasteiger partial charge in [-0.3, -0.25) is 9.32 Å². The van der Waals surface area contributed by atoms with E-state index in [-0.39, 0.29) is 23.4 Å². The Labute approximate surface area is 179 Å². The number of ether oxygens (including phenoxy) is 1. The Hall–Kier alpha value is -1.87. The van der Waals surface area contributed by atoms with Crippen LogP contribution in [-0.4, -0.2) is 54.6 Å². The maximum atomic E-state index is 11.7. The number of phosphoric acid groups is 3. The van der Waals surface area contributed by atoms with E-state index in [4.69, 9.17) is 30.4 Å². The van der Waals surface area contributed by atoms with Gasteiger partial charge in [-0.2, -0.15) is 13.9 Å². The second kappa shape index (κ2) is 9.95. The van der Waals surface area contributed by atoms with Crippen molar-refractivity contribution in [2.24, 2.45) is 0 Å². The fourth-order valence-corrected chi connectivity index (χ4v) is 5.36. The lowest BCUT2D eigenvalue weighted by atomic mass is 10.1. The molecule has 32 heavy (non-hydrogen) atoms. The first-order valence-corrected chi connectivity index (χ1v) is 12.7. The summed E-state index contributed by atoms with van der Waals surface area (Å²) in [5, 5.41) is 18.8. The molecule has 176 valence electrons. The van der Waals surface area contributed by atoms with Crippen molar-refractivity contribution in [3.63, 3.8) is 0 Å². The second-order valence-electron chi connectivity index (χ2n) is 6.07. The largest absolute Gasteiger partial charge is 0.490 e. The van der Waals surface area contributed by atoms with Crippen molar-refractivity contribution in [1.82, 2.24) is 4.98 Å². The first-order chi connectivity index (χ1) is 14.6. The van der Waals surface area contributed by atoms with Gasteiger partial charge in [0.15, 0.2) is 0 Å². The Morgan fingerprint density at radius 3 is 2.44 bits per heavy atom. The normalized spacial score (nSPS) is 24.6. The molecule has 1 aliphatic heterocycles. The third-order valence-corrected chi connectivity index (χ3v) is 7.40. The van der Waals surface area contributed by atoms with E-state index in [2.05, 4.69) is 30.0 Å². The molecule has 1 fully saturated rings. The second-order valence-corrected chi connectivity index (χ2v) is 10.5. The minimum Gasteiger partial charge on any atom is -0.390 e. The Morgan fingerprint density at radius 2 is 1.84 bits per heavy atom. The van der Waals surface area contributed by atoms with Crippen LogP contribution in [0.2, 0.25) is 0 Å². The number of nitrogens with zero attached hydrogens (tertiary/aromatic N) is 1. The summed E-state index contributed by atoms with van der Waals surface area (Å²) in [6.07, 6.45) is -3.53. The molecule has 0 radical (unpaired) electrons. The van der Waals surface area contributed by atoms with Crippen molar-refractivity contribution >= 4 is 29.3 Å². The monoisotopic (exact) mass is 515 g/mol. The molecule has 0 saturated carbocycles. The SMILES string of the molecule is N#Cc1cc(C#C[C@H]2C[C@H](O)[C@@H](COP(=O)(O)OP(=O)(O)OP(=O)(O)O)O2)c(N)[nH]c1=O. The van der Waals surface area contributed by atoms with E-state index < -0.39 is 53.9 Å². The van der Waals surface area contributed by atoms with E-state index >= 15 is 0 Å². The van der Waals surface area contributed by atoms with Crippen molar-refractivity contribution in [1.29, 1.82) is 5.26 Å². The van der Waals surface area contributed by atoms with Crippen molar-refractivity contribution in [3.05, 3.63) is 27.5 Å². The number of hydrogen-bond acceptors (Lipinski definition) is 11. The number of nitriles is 1. The molecule has 1 saturated heterocycles. The number of aromatic nitrogens is 1. The van der Waals surface area contributed by atoms with Gasteiger partial charge in [-0.05, 0) is 6.07 Å². The average Bonchev–Trinajstić information content (AvgIpc) is 2.96. The number of nitrogen functional groups attached to an aromatic ring is 1. The van der Waals surface area contributed by atoms with Crippen LogP contribution < -0.4 is 11.3 Å². The standard InChI is InChI=1S/C13H16N3O13P3/c14-5-8-3-7(12(15)16-13(8)18)1-2-9-4-10(17)11(27-9)6-26-31(22,23)29-32(24,25)28-30(19,20)21/h3,9-11,17H,4,6H2,(H,22,23)(H,24,25)(H3,15,16,18)(H2,19,20,21)/t9-,10-,11+/m0/s1. The zero-order chi connectivity index (χ0) is 24.3. The molecule has 0 bridgehead atoms. The molecule has 0 amide bonds. The Bertz CT molecular complexity index is 1180. The van der Waals surface area contributed by atoms with Crippen LogP contribution in [0.15, 0.2) is 10.9 Å². The highest BCUT2D eigenvalue weighted by Crippen LogP contribution is 2.66. The van der Waals surface area contributed by atoms with Crippen LogP contribution >= 0.6 is 23.5 Å². The first kappa shape index (κ1) is 26.4. The van der Waals surface area contributed by atoms with Crippen molar-refractivity contribution in [2.75, 3.05) is 12.3 Å². The molecule has 1 aromatic rings. The van der Waals surface area contributed by atoms with Gasteiger partial charge in [-0.25, -0.2) is 13.7 Å². The van der Waals surface area contributed by atoms with Gasteiger partial charge in [0, 0.05) is 6.42 Å². The number of aromatic amines is 1. The number of pyridine rings is 1. The zero-order valence-electron chi connectivity index (χ0n) is 15.6. The van der Waals surface area contributed by atoms with E-state index in [1.807, 2.05) is 0 Å². The maximum Gasteiger partial charge on any atom is 0.490 e. The van der Waals surface area contributed by atoms with Gasteiger partial charge in [-0.1, -0.05) is 11.8 Å². The fraction of sp³-hybridized carbons (Fsp3) is 0.385. The summed E-state index contributed by atoms with van der Waals surface area (Å²) in [7, 11) is -16.6. The van der Waals surface area contributed by atoms with Gasteiger partial charge in [0.25, 0.3) is 5.56 Å². The lowest BCUT2D eigenvalue weighted by molar-refractivity contribution is -0.00863. The summed E-state index contributed by atoms with van der Waals surface area (Å²) < 4.78 is 50.4. The molecule has 19 heteroatoms. The number of phosphoric ester groups is 1. The van der Waals surface area contributed by atoms with E-state index in [1.165, 1.54) is 0 Å². The number of anilines is 1. The van der Waals surface area contributed by atoms with Crippen LogP contribution in [0.1, 0.15) is 17.5 Å². The molecule has 2 unspecified atom stereocenters. The highest BCUT2D eigenvalue weighted by Gasteiger charge is 2.42. The van der Waals surface area contributed by atoms with Crippen LogP contribution in [0.5, 0.6) is 0 Å². The number of aliphatic hydroxyl groups excluding tert-OH is 1. The number of hydrogen-bond donors (Lipinski definition) is 7. The summed E-state index contributed by atoms with van der Waals surface area (Å²) in [6, 6.07) is 2.81. The van der Waals surface area contributed by atoms with Gasteiger partial charge in [0.05, 0.1) is 18.3 Å². The predicted octanol–water partition coefficient (Wildman–Crippen LogP) is -0.958. The lowest BCUT2D eigenvalue weighted by Crippen LogP contribution is -2.26. The van der Waals surface area contributed by atoms with Crippen LogP contribution in [-0.2, 0) is 31.6 Å². The Morgan fingerprint density at radius 1 is 1.19 bits per heavy atom. The van der Waals surface area contributed by atoms with Crippen LogP contribution in [0.4, 0.5) is 5.82 Å². The first-order valence-electron chi connectivity index (χ1n) is 8.17. The summed E-state index contributed by atoms with van der Waals surface area (Å²) in [5.74, 6) is 5.03. The van der Waals surface area contributed by atoms with Gasteiger partial charge in [0.2, 0.25) is 0 Å². The summed E-state index contributed by atoms with van der Waals surface area (Å²) in [6.45, 7) is -0.845. The fourth-order valence-electron chi connectivity index (χ4n) is 2.33. The molecule has 0 aliphatic carbocycles. The summed E-state index contributed by atoms with van der Waals surface area (Å²) >= 11 is 0. The molecule has 8 N–H and O–H groups in total. The number of aliphatic hydroxyl groups is 1. The van der Waals surface area contributed by atoms with E-state index in [9.17, 15) is 28.5 Å². The minimum atomic E-state index is -5.67. The van der Waals surface area contributed by atoms with Gasteiger partial charge in [-0.15, -0.1) is 0 Å². The van der Waals surface area contributed by atoms with E-state index in [0.717, 1.165) is 6.07 Å². The summed E-state index contributed by atoms with van der Waals surface area (Å²) in [4.78, 5) is 49.1. The van der Waals surface area contributed by atoms with Gasteiger partial charge < -0.3 is 40.1 Å². The molecule has 0 spiro atoms. The molecule has 1 aliphatic rings. The number of nitrogens with one attached hydrogen (secondary N) is 1. The topological polar surface area (TPSA) is 272 Å². The predicted molar refractivity (Wildman–Crippen MR) is 102 cm³/mol. The number of nitrogens with two attached hydrogens (primary N) is 1. The summed E-state index contributed by atoms with van der Waals surface area (Å²) in [5.41, 5.74) is 4.79. The quantitative estimate of drug-likeness (QED) is 0.170. The molecule has 0 aromatic carbocycles. The van der Waals surface area contributed by atoms with Crippen molar-refractivity contribution < 1.29 is 56.3 Å². The van der Waals surface area contributed by atoms with E-state index in [0.29, 0.717) is 0 Å². The molecular formula is C13H16N3O13P3. The number of H-pyrrole nitrogens is 1. The average molecular weight is 515 g/mol. The van der Waals surface area contributed by atoms with Gasteiger partial charge in [0.1, 0.15) is 29.7 Å². The van der Waals surface area contributed by atoms with Crippen molar-refractivity contribution in [3.8, 4) is 17.9 Å². The molecule has 2 heterocycles. The van der Waals surface area contributed by atoms with Gasteiger partial charge >= 0.3 is 23.5 Å². The molecule has 16 nitrogen and oxygen atoms in total. The number of rotatable bonds is 7. The minimum absolute atomic E-state index is 0.0915. The van der Waals surface area contributed by atoms with Crippen LogP contribution in [0, 0.1) is 23.2 Å². The Kier molecular flexibility index (Phi) is 8.20. The van der Waals surface area contributed by atoms with Crippen LogP contribution in [0.25, 0.3) is 0 Å². The third-order valence-electron chi connectivity index (χ3n) is 3.60. The molecule has 5 atom stereocenters. The van der Waals surface area contributed by atoms with Crippen LogP contribution in [0.3, 0.4) is 0 Å². The Balaban J connectivity index is 2.00. The lowest BCUT2D eigenvalue weighted by Gasteiger charge is -2.18. The van der Waals surface area contributed by atoms with Crippen molar-refractivity contribution in [2.45, 2.75) is 24.7 Å². The molecular weight excluding hydrogens is 499 g/mol. The van der Waals surface area contributed by atoms with E-state index in [1.54, 1.807) is 6.07 Å². The zero-order valence-corrected chi connectivity index (χ0v) is 18.3. The maximum absolute atomic E-state index is 11.7. The highest BCUT2D eigenvalue weighted by molar-refractivity contribution is 7.66. The molecule has 1 aromatic heterocycles. The highest BCUT2D eigenvalue weighted by atomic mass is 31.3.